The van der Waals surface area contributed by atoms with E-state index in [-0.39, 0.29) is 0 Å². The van der Waals surface area contributed by atoms with Crippen molar-refractivity contribution in [3.63, 3.8) is 0 Å². The number of rotatable bonds is 4. The molecule has 5 heteroatoms. The summed E-state index contributed by atoms with van der Waals surface area (Å²) < 4.78 is 24.6. The van der Waals surface area contributed by atoms with Gasteiger partial charge in [-0.25, -0.2) is 12.7 Å². The van der Waals surface area contributed by atoms with Crippen LogP contribution in [-0.2, 0) is 16.4 Å². The minimum atomic E-state index is -3.06. The van der Waals surface area contributed by atoms with Gasteiger partial charge in [0.05, 0.1) is 6.26 Å². The van der Waals surface area contributed by atoms with Gasteiger partial charge in [0.15, 0.2) is 0 Å². The molecule has 15 heavy (non-hydrogen) atoms. The number of halogens is 1. The molecule has 0 saturated carbocycles. The highest BCUT2D eigenvalue weighted by Crippen LogP contribution is 2.11. The third kappa shape index (κ3) is 4.32. The molecule has 0 aromatic heterocycles. The summed E-state index contributed by atoms with van der Waals surface area (Å²) >= 11 is 3.35. The van der Waals surface area contributed by atoms with E-state index in [4.69, 9.17) is 0 Å². The number of hydrogen-bond acceptors (Lipinski definition) is 2. The van der Waals surface area contributed by atoms with Gasteiger partial charge < -0.3 is 0 Å². The Morgan fingerprint density at radius 1 is 1.27 bits per heavy atom. The van der Waals surface area contributed by atoms with Gasteiger partial charge in [0.25, 0.3) is 0 Å². The van der Waals surface area contributed by atoms with Crippen LogP contribution in [0.25, 0.3) is 0 Å². The molecule has 0 aliphatic rings. The molecule has 1 aromatic carbocycles. The van der Waals surface area contributed by atoms with Crippen molar-refractivity contribution in [2.24, 2.45) is 0 Å². The van der Waals surface area contributed by atoms with Crippen molar-refractivity contribution in [3.05, 3.63) is 34.3 Å². The van der Waals surface area contributed by atoms with Gasteiger partial charge in [-0.2, -0.15) is 0 Å². The molecule has 84 valence electrons. The Kier molecular flexibility index (Phi) is 4.31. The van der Waals surface area contributed by atoms with Crippen LogP contribution in [0.5, 0.6) is 0 Å². The third-order valence-electron chi connectivity index (χ3n) is 2.19. The minimum absolute atomic E-state index is 0.514. The number of benzene rings is 1. The van der Waals surface area contributed by atoms with E-state index in [0.717, 1.165) is 16.5 Å². The number of nitrogens with zero attached hydrogens (tertiary/aromatic N) is 1. The van der Waals surface area contributed by atoms with Gasteiger partial charge in [-0.05, 0) is 24.1 Å². The largest absolute Gasteiger partial charge is 0.213 e. The maximum Gasteiger partial charge on any atom is 0.210 e. The van der Waals surface area contributed by atoms with E-state index in [1.807, 2.05) is 24.3 Å². The molecule has 0 atom stereocenters. The predicted octanol–water partition coefficient (Wildman–Crippen LogP) is 1.88. The maximum atomic E-state index is 11.1. The normalized spacial score (nSPS) is 12.0. The van der Waals surface area contributed by atoms with Crippen molar-refractivity contribution in [2.75, 3.05) is 19.8 Å². The molecule has 0 aliphatic carbocycles. The molecule has 1 rings (SSSR count). The zero-order chi connectivity index (χ0) is 11.5. The van der Waals surface area contributed by atoms with E-state index in [2.05, 4.69) is 15.9 Å². The summed E-state index contributed by atoms with van der Waals surface area (Å²) in [5.41, 5.74) is 1.13. The first-order valence-electron chi connectivity index (χ1n) is 4.55. The molecular weight excluding hydrogens is 278 g/mol. The quantitative estimate of drug-likeness (QED) is 0.849. The Labute approximate surface area is 99.3 Å². The second-order valence-electron chi connectivity index (χ2n) is 3.46. The molecular formula is C10H14BrNO2S. The lowest BCUT2D eigenvalue weighted by molar-refractivity contribution is 0.478. The van der Waals surface area contributed by atoms with E-state index in [9.17, 15) is 8.42 Å². The molecule has 0 saturated heterocycles. The summed E-state index contributed by atoms with van der Waals surface area (Å²) in [6, 6.07) is 7.88. The molecule has 3 nitrogen and oxygen atoms in total. The highest BCUT2D eigenvalue weighted by molar-refractivity contribution is 9.10. The van der Waals surface area contributed by atoms with Crippen LogP contribution >= 0.6 is 15.9 Å². The minimum Gasteiger partial charge on any atom is -0.213 e. The first kappa shape index (κ1) is 12.7. The van der Waals surface area contributed by atoms with Crippen LogP contribution in [-0.4, -0.2) is 32.6 Å². The van der Waals surface area contributed by atoms with Crippen LogP contribution in [0.2, 0.25) is 0 Å². The lowest BCUT2D eigenvalue weighted by Crippen LogP contribution is -2.27. The standard InChI is InChI=1S/C10H14BrNO2S/c1-12(15(2,13)14)8-7-9-3-5-10(11)6-4-9/h3-6H,7-8H2,1-2H3. The van der Waals surface area contributed by atoms with E-state index >= 15 is 0 Å². The van der Waals surface area contributed by atoms with E-state index in [1.54, 1.807) is 7.05 Å². The average molecular weight is 292 g/mol. The van der Waals surface area contributed by atoms with Gasteiger partial charge in [0, 0.05) is 18.1 Å². The Bertz CT molecular complexity index is 414. The fourth-order valence-corrected chi connectivity index (χ4v) is 1.79. The Balaban J connectivity index is 2.55. The monoisotopic (exact) mass is 291 g/mol. The van der Waals surface area contributed by atoms with Crippen molar-refractivity contribution >= 4 is 26.0 Å². The van der Waals surface area contributed by atoms with Gasteiger partial charge in [0.2, 0.25) is 10.0 Å². The van der Waals surface area contributed by atoms with Crippen molar-refractivity contribution in [3.8, 4) is 0 Å². The Morgan fingerprint density at radius 3 is 2.27 bits per heavy atom. The van der Waals surface area contributed by atoms with Crippen molar-refractivity contribution in [2.45, 2.75) is 6.42 Å². The highest BCUT2D eigenvalue weighted by Gasteiger charge is 2.09. The topological polar surface area (TPSA) is 37.4 Å². The lowest BCUT2D eigenvalue weighted by atomic mass is 10.1. The van der Waals surface area contributed by atoms with Crippen LogP contribution in [0, 0.1) is 0 Å². The molecule has 0 spiro atoms. The zero-order valence-corrected chi connectivity index (χ0v) is 11.2. The van der Waals surface area contributed by atoms with Crippen molar-refractivity contribution in [1.82, 2.24) is 4.31 Å². The summed E-state index contributed by atoms with van der Waals surface area (Å²) in [4.78, 5) is 0. The fourth-order valence-electron chi connectivity index (χ4n) is 1.10. The molecule has 1 aromatic rings. The summed E-state index contributed by atoms with van der Waals surface area (Å²) in [6.45, 7) is 0.514. The Morgan fingerprint density at radius 2 is 1.80 bits per heavy atom. The van der Waals surface area contributed by atoms with Crippen LogP contribution in [0.1, 0.15) is 5.56 Å². The average Bonchev–Trinajstić information content (AvgIpc) is 2.15. The zero-order valence-electron chi connectivity index (χ0n) is 8.77. The Hall–Kier alpha value is -0.390. The first-order chi connectivity index (χ1) is 6.89. The smallest absolute Gasteiger partial charge is 0.210 e. The molecule has 0 radical (unpaired) electrons. The van der Waals surface area contributed by atoms with Gasteiger partial charge in [0.1, 0.15) is 0 Å². The third-order valence-corrected chi connectivity index (χ3v) is 4.04. The van der Waals surface area contributed by atoms with Crippen LogP contribution in [0.4, 0.5) is 0 Å². The van der Waals surface area contributed by atoms with Gasteiger partial charge in [-0.3, -0.25) is 0 Å². The van der Waals surface area contributed by atoms with E-state index < -0.39 is 10.0 Å². The van der Waals surface area contributed by atoms with Crippen molar-refractivity contribution < 1.29 is 8.42 Å². The molecule has 0 unspecified atom stereocenters. The van der Waals surface area contributed by atoms with Gasteiger partial charge in [-0.1, -0.05) is 28.1 Å². The molecule has 0 fully saturated rings. The van der Waals surface area contributed by atoms with Gasteiger partial charge >= 0.3 is 0 Å². The summed E-state index contributed by atoms with van der Waals surface area (Å²) in [6.07, 6.45) is 1.95. The number of hydrogen-bond donors (Lipinski definition) is 0. The van der Waals surface area contributed by atoms with E-state index in [1.165, 1.54) is 10.6 Å². The summed E-state index contributed by atoms with van der Waals surface area (Å²) in [7, 11) is -1.47. The van der Waals surface area contributed by atoms with Crippen molar-refractivity contribution in [1.29, 1.82) is 0 Å². The first-order valence-corrected chi connectivity index (χ1v) is 7.19. The number of likely N-dealkylation sites (N-methyl/N-ethyl adjacent to an activating group) is 1. The summed E-state index contributed by atoms with van der Waals surface area (Å²) in [5, 5.41) is 0. The van der Waals surface area contributed by atoms with Crippen LogP contribution in [0.15, 0.2) is 28.7 Å². The molecule has 0 bridgehead atoms. The second-order valence-corrected chi connectivity index (χ2v) is 6.47. The number of sulfonamides is 1. The highest BCUT2D eigenvalue weighted by atomic mass is 79.9. The summed E-state index contributed by atoms with van der Waals surface area (Å²) in [5.74, 6) is 0. The molecule has 0 aliphatic heterocycles. The molecule has 0 heterocycles. The second kappa shape index (κ2) is 5.09. The molecule has 0 amide bonds. The van der Waals surface area contributed by atoms with Gasteiger partial charge in [-0.15, -0.1) is 0 Å². The molecule has 0 N–H and O–H groups in total. The fraction of sp³-hybridized carbons (Fsp3) is 0.400. The maximum absolute atomic E-state index is 11.1. The SMILES string of the molecule is CN(CCc1ccc(Br)cc1)S(C)(=O)=O. The van der Waals surface area contributed by atoms with Crippen LogP contribution < -0.4 is 0 Å². The predicted molar refractivity (Wildman–Crippen MR) is 65.3 cm³/mol. The van der Waals surface area contributed by atoms with E-state index in [0.29, 0.717) is 6.54 Å². The lowest BCUT2D eigenvalue weighted by Gasteiger charge is -2.13. The van der Waals surface area contributed by atoms with Crippen LogP contribution in [0.3, 0.4) is 0 Å².